The van der Waals surface area contributed by atoms with Crippen LogP contribution in [0.3, 0.4) is 0 Å². The second-order valence-electron chi connectivity index (χ2n) is 4.55. The lowest BCUT2D eigenvalue weighted by Gasteiger charge is -2.21. The van der Waals surface area contributed by atoms with Gasteiger partial charge in [0, 0.05) is 29.7 Å². The molecule has 0 unspecified atom stereocenters. The fourth-order valence-corrected chi connectivity index (χ4v) is 3.08. The summed E-state index contributed by atoms with van der Waals surface area (Å²) in [5.41, 5.74) is 1.31. The number of rotatable bonds is 6. The minimum absolute atomic E-state index is 0.632. The molecule has 0 saturated carbocycles. The second-order valence-corrected chi connectivity index (χ2v) is 6.67. The topological polar surface area (TPSA) is 3.24 Å². The van der Waals surface area contributed by atoms with Crippen LogP contribution in [0, 0.1) is 0 Å². The first-order valence-electron chi connectivity index (χ1n) is 6.60. The highest BCUT2D eigenvalue weighted by Crippen LogP contribution is 2.23. The van der Waals surface area contributed by atoms with Crippen molar-refractivity contribution in [2.24, 2.45) is 0 Å². The molecule has 0 heterocycles. The minimum atomic E-state index is 0.632. The number of benzene rings is 1. The van der Waals surface area contributed by atoms with Gasteiger partial charge in [-0.1, -0.05) is 38.2 Å². The number of thioether (sulfide) groups is 1. The lowest BCUT2D eigenvalue weighted by molar-refractivity contribution is 0.467. The molecule has 0 N–H and O–H groups in total. The first-order chi connectivity index (χ1) is 8.56. The highest BCUT2D eigenvalue weighted by Gasteiger charge is 2.06. The smallest absolute Gasteiger partial charge is 0.0823 e. The van der Waals surface area contributed by atoms with Gasteiger partial charge in [0.1, 0.15) is 0 Å². The summed E-state index contributed by atoms with van der Waals surface area (Å²) in [5, 5.41) is 0.632. The Morgan fingerprint density at radius 3 is 2.17 bits per heavy atom. The van der Waals surface area contributed by atoms with Crippen molar-refractivity contribution in [3.63, 3.8) is 0 Å². The van der Waals surface area contributed by atoms with Crippen molar-refractivity contribution in [2.75, 3.05) is 13.1 Å². The van der Waals surface area contributed by atoms with Crippen molar-refractivity contribution >= 4 is 29.0 Å². The number of hydrogen-bond acceptors (Lipinski definition) is 2. The van der Waals surface area contributed by atoms with Crippen molar-refractivity contribution in [2.45, 2.75) is 44.3 Å². The molecule has 0 spiro atoms. The average Bonchev–Trinajstić information content (AvgIpc) is 2.32. The molecule has 0 aliphatic carbocycles. The van der Waals surface area contributed by atoms with Crippen LogP contribution in [-0.2, 0) is 6.42 Å². The molecule has 18 heavy (non-hydrogen) atoms. The number of thiocarbonyl (C=S) groups is 1. The van der Waals surface area contributed by atoms with Crippen LogP contribution in [0.25, 0.3) is 0 Å². The molecule has 0 aromatic heterocycles. The molecule has 1 rings (SSSR count). The monoisotopic (exact) mass is 281 g/mol. The third kappa shape index (κ3) is 4.99. The standard InChI is InChI=1S/C15H23NS2/c1-5-16(6-2)15(17)11-13-7-9-14(10-8-13)18-12(3)4/h7-10,12H,5-6,11H2,1-4H3. The van der Waals surface area contributed by atoms with Crippen molar-refractivity contribution in [3.05, 3.63) is 29.8 Å². The van der Waals surface area contributed by atoms with Crippen molar-refractivity contribution in [1.29, 1.82) is 0 Å². The van der Waals surface area contributed by atoms with E-state index in [2.05, 4.69) is 56.9 Å². The van der Waals surface area contributed by atoms with E-state index in [-0.39, 0.29) is 0 Å². The molecule has 0 aliphatic rings. The zero-order valence-electron chi connectivity index (χ0n) is 11.8. The lowest BCUT2D eigenvalue weighted by Crippen LogP contribution is -2.30. The highest BCUT2D eigenvalue weighted by molar-refractivity contribution is 7.99. The van der Waals surface area contributed by atoms with E-state index in [0.29, 0.717) is 5.25 Å². The molecule has 0 amide bonds. The Balaban J connectivity index is 2.60. The fraction of sp³-hybridized carbons (Fsp3) is 0.533. The van der Waals surface area contributed by atoms with Gasteiger partial charge in [0.05, 0.1) is 4.99 Å². The van der Waals surface area contributed by atoms with Gasteiger partial charge in [0.2, 0.25) is 0 Å². The molecular formula is C15H23NS2. The van der Waals surface area contributed by atoms with Gasteiger partial charge in [-0.15, -0.1) is 11.8 Å². The van der Waals surface area contributed by atoms with Gasteiger partial charge in [-0.2, -0.15) is 0 Å². The Morgan fingerprint density at radius 1 is 1.17 bits per heavy atom. The molecule has 0 atom stereocenters. The Morgan fingerprint density at radius 2 is 1.72 bits per heavy atom. The van der Waals surface area contributed by atoms with Crippen LogP contribution in [0.15, 0.2) is 29.2 Å². The van der Waals surface area contributed by atoms with E-state index < -0.39 is 0 Å². The van der Waals surface area contributed by atoms with Crippen LogP contribution in [-0.4, -0.2) is 28.2 Å². The third-order valence-corrected chi connectivity index (χ3v) is 4.18. The molecule has 0 aliphatic heterocycles. The van der Waals surface area contributed by atoms with Crippen LogP contribution >= 0.6 is 24.0 Å². The quantitative estimate of drug-likeness (QED) is 0.562. The van der Waals surface area contributed by atoms with E-state index in [1.54, 1.807) is 0 Å². The molecule has 0 radical (unpaired) electrons. The summed E-state index contributed by atoms with van der Waals surface area (Å²) >= 11 is 7.38. The molecule has 1 aromatic carbocycles. The number of hydrogen-bond donors (Lipinski definition) is 0. The maximum atomic E-state index is 5.48. The Labute approximate surface area is 121 Å². The van der Waals surface area contributed by atoms with E-state index in [0.717, 1.165) is 24.5 Å². The minimum Gasteiger partial charge on any atom is -0.366 e. The molecular weight excluding hydrogens is 258 g/mol. The van der Waals surface area contributed by atoms with Crippen LogP contribution in [0.5, 0.6) is 0 Å². The Hall–Kier alpha value is -0.540. The molecule has 0 bridgehead atoms. The van der Waals surface area contributed by atoms with Crippen LogP contribution < -0.4 is 0 Å². The first kappa shape index (κ1) is 15.5. The Kier molecular flexibility index (Phi) is 6.72. The van der Waals surface area contributed by atoms with E-state index in [1.807, 2.05) is 11.8 Å². The average molecular weight is 281 g/mol. The summed E-state index contributed by atoms with van der Waals surface area (Å²) < 4.78 is 0. The predicted molar refractivity (Wildman–Crippen MR) is 86.7 cm³/mol. The molecule has 0 saturated heterocycles. The summed E-state index contributed by atoms with van der Waals surface area (Å²) in [6.45, 7) is 10.7. The molecule has 100 valence electrons. The summed E-state index contributed by atoms with van der Waals surface area (Å²) in [6, 6.07) is 8.79. The highest BCUT2D eigenvalue weighted by atomic mass is 32.2. The number of nitrogens with zero attached hydrogens (tertiary/aromatic N) is 1. The normalized spacial score (nSPS) is 10.7. The summed E-state index contributed by atoms with van der Waals surface area (Å²) in [7, 11) is 0. The van der Waals surface area contributed by atoms with E-state index >= 15 is 0 Å². The van der Waals surface area contributed by atoms with Gasteiger partial charge in [0.15, 0.2) is 0 Å². The SMILES string of the molecule is CCN(CC)C(=S)Cc1ccc(SC(C)C)cc1. The number of likely N-dealkylation sites (N-methyl/N-ethyl adjacent to an activating group) is 1. The second kappa shape index (κ2) is 7.80. The van der Waals surface area contributed by atoms with Crippen LogP contribution in [0.4, 0.5) is 0 Å². The van der Waals surface area contributed by atoms with Gasteiger partial charge in [-0.3, -0.25) is 0 Å². The van der Waals surface area contributed by atoms with E-state index in [9.17, 15) is 0 Å². The van der Waals surface area contributed by atoms with Crippen LogP contribution in [0.1, 0.15) is 33.3 Å². The lowest BCUT2D eigenvalue weighted by atomic mass is 10.1. The molecule has 3 heteroatoms. The van der Waals surface area contributed by atoms with Gasteiger partial charge in [-0.05, 0) is 31.5 Å². The predicted octanol–water partition coefficient (Wildman–Crippen LogP) is 4.40. The summed E-state index contributed by atoms with van der Waals surface area (Å²) in [6.07, 6.45) is 0.879. The van der Waals surface area contributed by atoms with Gasteiger partial charge >= 0.3 is 0 Å². The fourth-order valence-electron chi connectivity index (χ4n) is 1.82. The van der Waals surface area contributed by atoms with Gasteiger partial charge < -0.3 is 4.90 Å². The zero-order valence-corrected chi connectivity index (χ0v) is 13.4. The van der Waals surface area contributed by atoms with Crippen molar-refractivity contribution in [3.8, 4) is 0 Å². The third-order valence-electron chi connectivity index (χ3n) is 2.77. The molecule has 1 nitrogen and oxygen atoms in total. The molecule has 1 aromatic rings. The van der Waals surface area contributed by atoms with E-state index in [4.69, 9.17) is 12.2 Å². The maximum Gasteiger partial charge on any atom is 0.0823 e. The summed E-state index contributed by atoms with van der Waals surface area (Å²) in [4.78, 5) is 4.62. The molecule has 0 fully saturated rings. The van der Waals surface area contributed by atoms with E-state index in [1.165, 1.54) is 10.5 Å². The largest absolute Gasteiger partial charge is 0.366 e. The van der Waals surface area contributed by atoms with Gasteiger partial charge in [-0.25, -0.2) is 0 Å². The first-order valence-corrected chi connectivity index (χ1v) is 7.89. The van der Waals surface area contributed by atoms with Gasteiger partial charge in [0.25, 0.3) is 0 Å². The zero-order chi connectivity index (χ0) is 13.5. The Bertz CT molecular complexity index is 367. The van der Waals surface area contributed by atoms with Crippen molar-refractivity contribution in [1.82, 2.24) is 4.90 Å². The maximum absolute atomic E-state index is 5.48. The summed E-state index contributed by atoms with van der Waals surface area (Å²) in [5.74, 6) is 0. The van der Waals surface area contributed by atoms with Crippen molar-refractivity contribution < 1.29 is 0 Å². The van der Waals surface area contributed by atoms with Crippen LogP contribution in [0.2, 0.25) is 0 Å².